The first-order valence-electron chi connectivity index (χ1n) is 5.10. The van der Waals surface area contributed by atoms with E-state index in [0.717, 1.165) is 16.9 Å². The second-order valence-corrected chi connectivity index (χ2v) is 3.29. The Labute approximate surface area is 94.1 Å². The molecule has 0 unspecified atom stereocenters. The third-order valence-corrected chi connectivity index (χ3v) is 2.15. The number of aromatic nitrogens is 2. The number of ether oxygens (including phenoxy) is 1. The van der Waals surface area contributed by atoms with Crippen LogP contribution in [0.1, 0.15) is 6.92 Å². The molecule has 0 fully saturated rings. The van der Waals surface area contributed by atoms with Crippen molar-refractivity contribution in [2.45, 2.75) is 6.92 Å². The molecule has 1 aromatic carbocycles. The quantitative estimate of drug-likeness (QED) is 0.851. The summed E-state index contributed by atoms with van der Waals surface area (Å²) in [6.07, 6.45) is 3.40. The van der Waals surface area contributed by atoms with Gasteiger partial charge >= 0.3 is 0 Å². The van der Waals surface area contributed by atoms with Crippen LogP contribution in [0.4, 0.5) is 5.95 Å². The number of nitrogen functional groups attached to an aromatic ring is 1. The summed E-state index contributed by atoms with van der Waals surface area (Å²) in [5.41, 5.74) is 7.38. The van der Waals surface area contributed by atoms with Gasteiger partial charge in [-0.1, -0.05) is 12.1 Å². The van der Waals surface area contributed by atoms with Crippen LogP contribution >= 0.6 is 0 Å². The first kappa shape index (κ1) is 10.4. The number of hydrogen-bond donors (Lipinski definition) is 1. The average Bonchev–Trinajstić information content (AvgIpc) is 2.31. The Hall–Kier alpha value is -2.10. The predicted molar refractivity (Wildman–Crippen MR) is 63.0 cm³/mol. The van der Waals surface area contributed by atoms with Crippen molar-refractivity contribution in [3.05, 3.63) is 36.7 Å². The van der Waals surface area contributed by atoms with E-state index in [1.165, 1.54) is 0 Å². The lowest BCUT2D eigenvalue weighted by Crippen LogP contribution is -1.94. The summed E-state index contributed by atoms with van der Waals surface area (Å²) < 4.78 is 5.43. The van der Waals surface area contributed by atoms with E-state index >= 15 is 0 Å². The van der Waals surface area contributed by atoms with E-state index in [0.29, 0.717) is 6.61 Å². The lowest BCUT2D eigenvalue weighted by atomic mass is 10.1. The van der Waals surface area contributed by atoms with Gasteiger partial charge in [0.05, 0.1) is 6.61 Å². The zero-order valence-electron chi connectivity index (χ0n) is 9.05. The number of benzene rings is 1. The van der Waals surface area contributed by atoms with E-state index < -0.39 is 0 Å². The van der Waals surface area contributed by atoms with Crippen LogP contribution in [0, 0.1) is 0 Å². The van der Waals surface area contributed by atoms with E-state index in [1.54, 1.807) is 12.4 Å². The molecular weight excluding hydrogens is 202 g/mol. The second kappa shape index (κ2) is 4.61. The Morgan fingerprint density at radius 1 is 1.19 bits per heavy atom. The fourth-order valence-electron chi connectivity index (χ4n) is 1.42. The molecule has 0 atom stereocenters. The molecule has 82 valence electrons. The monoisotopic (exact) mass is 215 g/mol. The minimum atomic E-state index is 0.282. The SMILES string of the molecule is CCOc1cccc(-c2cnc(N)nc2)c1. The zero-order chi connectivity index (χ0) is 11.4. The fraction of sp³-hybridized carbons (Fsp3) is 0.167. The largest absolute Gasteiger partial charge is 0.494 e. The van der Waals surface area contributed by atoms with Crippen LogP contribution < -0.4 is 10.5 Å². The molecule has 1 heterocycles. The van der Waals surface area contributed by atoms with Crippen LogP contribution in [0.15, 0.2) is 36.7 Å². The van der Waals surface area contributed by atoms with Gasteiger partial charge in [-0.15, -0.1) is 0 Å². The molecule has 0 aliphatic rings. The van der Waals surface area contributed by atoms with E-state index in [1.807, 2.05) is 31.2 Å². The zero-order valence-corrected chi connectivity index (χ0v) is 9.05. The Morgan fingerprint density at radius 2 is 1.94 bits per heavy atom. The van der Waals surface area contributed by atoms with Gasteiger partial charge in [0.25, 0.3) is 0 Å². The highest BCUT2D eigenvalue weighted by molar-refractivity contribution is 5.63. The van der Waals surface area contributed by atoms with Crippen molar-refractivity contribution >= 4 is 5.95 Å². The van der Waals surface area contributed by atoms with Gasteiger partial charge in [-0.3, -0.25) is 0 Å². The van der Waals surface area contributed by atoms with Gasteiger partial charge in [0.2, 0.25) is 5.95 Å². The molecule has 4 heteroatoms. The molecule has 16 heavy (non-hydrogen) atoms. The molecule has 0 amide bonds. The second-order valence-electron chi connectivity index (χ2n) is 3.29. The highest BCUT2D eigenvalue weighted by Gasteiger charge is 2.00. The van der Waals surface area contributed by atoms with Crippen molar-refractivity contribution in [2.75, 3.05) is 12.3 Å². The third-order valence-electron chi connectivity index (χ3n) is 2.15. The molecule has 0 saturated heterocycles. The maximum atomic E-state index is 5.44. The first-order chi connectivity index (χ1) is 7.79. The minimum absolute atomic E-state index is 0.282. The predicted octanol–water partition coefficient (Wildman–Crippen LogP) is 2.12. The van der Waals surface area contributed by atoms with Crippen LogP contribution in [0.25, 0.3) is 11.1 Å². The molecule has 0 radical (unpaired) electrons. The van der Waals surface area contributed by atoms with Crippen LogP contribution in [0.5, 0.6) is 5.75 Å². The van der Waals surface area contributed by atoms with Crippen LogP contribution in [0.3, 0.4) is 0 Å². The topological polar surface area (TPSA) is 61.0 Å². The lowest BCUT2D eigenvalue weighted by Gasteiger charge is -2.05. The molecule has 1 aromatic heterocycles. The summed E-state index contributed by atoms with van der Waals surface area (Å²) in [5.74, 6) is 1.13. The lowest BCUT2D eigenvalue weighted by molar-refractivity contribution is 0.340. The summed E-state index contributed by atoms with van der Waals surface area (Å²) in [6, 6.07) is 7.80. The average molecular weight is 215 g/mol. The van der Waals surface area contributed by atoms with E-state index in [-0.39, 0.29) is 5.95 Å². The van der Waals surface area contributed by atoms with Gasteiger partial charge in [0.15, 0.2) is 0 Å². The van der Waals surface area contributed by atoms with Crippen molar-refractivity contribution in [1.29, 1.82) is 0 Å². The summed E-state index contributed by atoms with van der Waals surface area (Å²) in [6.45, 7) is 2.61. The van der Waals surface area contributed by atoms with E-state index in [2.05, 4.69) is 9.97 Å². The van der Waals surface area contributed by atoms with E-state index in [9.17, 15) is 0 Å². The molecule has 4 nitrogen and oxygen atoms in total. The molecule has 0 bridgehead atoms. The molecule has 2 aromatic rings. The minimum Gasteiger partial charge on any atom is -0.494 e. The highest BCUT2D eigenvalue weighted by atomic mass is 16.5. The normalized spacial score (nSPS) is 10.1. The number of nitrogens with two attached hydrogens (primary N) is 1. The first-order valence-corrected chi connectivity index (χ1v) is 5.10. The molecule has 2 N–H and O–H groups in total. The molecular formula is C12H13N3O. The molecule has 0 spiro atoms. The number of rotatable bonds is 3. The molecule has 0 saturated carbocycles. The maximum absolute atomic E-state index is 5.44. The van der Waals surface area contributed by atoms with Crippen molar-refractivity contribution in [3.8, 4) is 16.9 Å². The standard InChI is InChI=1S/C12H13N3O/c1-2-16-11-5-3-4-9(6-11)10-7-14-12(13)15-8-10/h3-8H,2H2,1H3,(H2,13,14,15). The van der Waals surface area contributed by atoms with Gasteiger partial charge < -0.3 is 10.5 Å². The fourth-order valence-corrected chi connectivity index (χ4v) is 1.42. The van der Waals surface area contributed by atoms with Crippen LogP contribution in [-0.4, -0.2) is 16.6 Å². The van der Waals surface area contributed by atoms with E-state index in [4.69, 9.17) is 10.5 Å². The Bertz CT molecular complexity index is 468. The molecule has 0 aliphatic carbocycles. The number of anilines is 1. The summed E-state index contributed by atoms with van der Waals surface area (Å²) in [4.78, 5) is 7.91. The Balaban J connectivity index is 2.32. The van der Waals surface area contributed by atoms with Crippen molar-refractivity contribution in [1.82, 2.24) is 9.97 Å². The van der Waals surface area contributed by atoms with Crippen molar-refractivity contribution < 1.29 is 4.74 Å². The van der Waals surface area contributed by atoms with Gasteiger partial charge in [-0.25, -0.2) is 9.97 Å². The highest BCUT2D eigenvalue weighted by Crippen LogP contribution is 2.22. The number of hydrogen-bond acceptors (Lipinski definition) is 4. The van der Waals surface area contributed by atoms with Crippen LogP contribution in [0.2, 0.25) is 0 Å². The summed E-state index contributed by atoms with van der Waals surface area (Å²) in [7, 11) is 0. The van der Waals surface area contributed by atoms with Gasteiger partial charge in [0, 0.05) is 18.0 Å². The smallest absolute Gasteiger partial charge is 0.219 e. The Morgan fingerprint density at radius 3 is 2.62 bits per heavy atom. The van der Waals surface area contributed by atoms with Crippen molar-refractivity contribution in [2.24, 2.45) is 0 Å². The van der Waals surface area contributed by atoms with Gasteiger partial charge in [0.1, 0.15) is 5.75 Å². The number of nitrogens with zero attached hydrogens (tertiary/aromatic N) is 2. The van der Waals surface area contributed by atoms with Gasteiger partial charge in [-0.05, 0) is 24.6 Å². The van der Waals surface area contributed by atoms with Crippen molar-refractivity contribution in [3.63, 3.8) is 0 Å². The maximum Gasteiger partial charge on any atom is 0.219 e. The van der Waals surface area contributed by atoms with Gasteiger partial charge in [-0.2, -0.15) is 0 Å². The summed E-state index contributed by atoms with van der Waals surface area (Å²) in [5, 5.41) is 0. The van der Waals surface area contributed by atoms with Crippen LogP contribution in [-0.2, 0) is 0 Å². The summed E-state index contributed by atoms with van der Waals surface area (Å²) >= 11 is 0. The molecule has 0 aliphatic heterocycles. The third kappa shape index (κ3) is 2.28. The molecule has 2 rings (SSSR count). The Kier molecular flexibility index (Phi) is 3.00.